The average Bonchev–Trinajstić information content (AvgIpc) is 2.85. The molecular weight excluding hydrogens is 478 g/mol. The van der Waals surface area contributed by atoms with Crippen molar-refractivity contribution < 1.29 is 9.53 Å². The Morgan fingerprint density at radius 2 is 1.83 bits per heavy atom. The minimum Gasteiger partial charge on any atom is -0.495 e. The molecule has 184 valence electrons. The molecule has 0 radical (unpaired) electrons. The van der Waals surface area contributed by atoms with Gasteiger partial charge in [0.15, 0.2) is 0 Å². The molecule has 0 aliphatic heterocycles. The fraction of sp³-hybridized carbons (Fsp3) is 0.154. The lowest BCUT2D eigenvalue weighted by molar-refractivity contribution is -0.111. The molecule has 36 heavy (non-hydrogen) atoms. The molecule has 1 amide bonds. The Morgan fingerprint density at radius 1 is 1.03 bits per heavy atom. The second kappa shape index (κ2) is 11.5. The zero-order chi connectivity index (χ0) is 25.5. The average molecular weight is 504 g/mol. The summed E-state index contributed by atoms with van der Waals surface area (Å²) >= 11 is 6.31. The van der Waals surface area contributed by atoms with Crippen LogP contribution in [0.1, 0.15) is 0 Å². The van der Waals surface area contributed by atoms with Gasteiger partial charge in [-0.15, -0.1) is 0 Å². The minimum atomic E-state index is -0.221. The second-order valence-corrected chi connectivity index (χ2v) is 8.52. The third kappa shape index (κ3) is 6.47. The molecule has 0 saturated heterocycles. The van der Waals surface area contributed by atoms with Crippen LogP contribution >= 0.6 is 11.6 Å². The van der Waals surface area contributed by atoms with E-state index in [4.69, 9.17) is 16.3 Å². The number of aromatic nitrogens is 3. The van der Waals surface area contributed by atoms with Crippen molar-refractivity contribution in [2.24, 2.45) is 0 Å². The van der Waals surface area contributed by atoms with E-state index in [1.54, 1.807) is 55.9 Å². The quantitative estimate of drug-likeness (QED) is 0.267. The van der Waals surface area contributed by atoms with E-state index in [0.717, 1.165) is 16.6 Å². The van der Waals surface area contributed by atoms with E-state index < -0.39 is 0 Å². The number of anilines is 5. The third-order valence-corrected chi connectivity index (χ3v) is 5.40. The third-order valence-electron chi connectivity index (χ3n) is 5.07. The van der Waals surface area contributed by atoms with Gasteiger partial charge in [-0.2, -0.15) is 4.98 Å². The molecule has 0 spiro atoms. The van der Waals surface area contributed by atoms with Crippen molar-refractivity contribution in [3.8, 4) is 5.75 Å². The number of methoxy groups -OCH3 is 1. The first-order valence-corrected chi connectivity index (χ1v) is 11.5. The number of halogens is 1. The fourth-order valence-electron chi connectivity index (χ4n) is 3.39. The van der Waals surface area contributed by atoms with Crippen LogP contribution in [0.15, 0.2) is 73.1 Å². The van der Waals surface area contributed by atoms with Crippen LogP contribution in [-0.4, -0.2) is 53.5 Å². The number of rotatable bonds is 9. The van der Waals surface area contributed by atoms with Crippen molar-refractivity contribution in [3.05, 3.63) is 78.1 Å². The number of carbonyl (C=O) groups is 1. The molecule has 2 aromatic heterocycles. The molecule has 0 saturated carbocycles. The lowest BCUT2D eigenvalue weighted by atomic mass is 10.2. The summed E-state index contributed by atoms with van der Waals surface area (Å²) in [7, 11) is 5.44. The molecule has 0 atom stereocenters. The van der Waals surface area contributed by atoms with Gasteiger partial charge >= 0.3 is 0 Å². The highest BCUT2D eigenvalue weighted by atomic mass is 35.5. The van der Waals surface area contributed by atoms with E-state index in [9.17, 15) is 4.79 Å². The van der Waals surface area contributed by atoms with Gasteiger partial charge in [-0.25, -0.2) is 4.98 Å². The molecule has 0 fully saturated rings. The van der Waals surface area contributed by atoms with Gasteiger partial charge in [0.1, 0.15) is 11.6 Å². The fourth-order valence-corrected chi connectivity index (χ4v) is 3.59. The largest absolute Gasteiger partial charge is 0.495 e. The lowest BCUT2D eigenvalue weighted by Gasteiger charge is -2.13. The van der Waals surface area contributed by atoms with E-state index >= 15 is 0 Å². The molecule has 9 nitrogen and oxygen atoms in total. The molecule has 4 aromatic rings. The van der Waals surface area contributed by atoms with Crippen LogP contribution in [0.25, 0.3) is 10.9 Å². The first-order chi connectivity index (χ1) is 17.4. The molecule has 10 heteroatoms. The maximum atomic E-state index is 12.2. The van der Waals surface area contributed by atoms with E-state index in [2.05, 4.69) is 30.9 Å². The van der Waals surface area contributed by atoms with Crippen molar-refractivity contribution >= 4 is 57.2 Å². The van der Waals surface area contributed by atoms with Crippen LogP contribution in [0.3, 0.4) is 0 Å². The highest BCUT2D eigenvalue weighted by Crippen LogP contribution is 2.30. The standard InChI is InChI=1S/C26H26ClN7O2/c1-34(2)14-4-5-25(35)31-18-7-9-23(36-3)22(16-18)32-26-29-13-11-24(33-26)30-17-6-8-21-19(15-17)20(27)10-12-28-21/h4-13,15-16H,14H2,1-3H3,(H,31,35)(H2,29,30,32,33)/b5-4+. The number of likely N-dealkylation sites (N-methyl/N-ethyl adjacent to an activating group) is 1. The van der Waals surface area contributed by atoms with Gasteiger partial charge in [0, 0.05) is 41.8 Å². The molecule has 2 aromatic carbocycles. The Bertz CT molecular complexity index is 1410. The summed E-state index contributed by atoms with van der Waals surface area (Å²) in [6, 6.07) is 14.5. The van der Waals surface area contributed by atoms with Gasteiger partial charge in [-0.05, 0) is 62.6 Å². The first kappa shape index (κ1) is 24.9. The molecule has 2 heterocycles. The number of nitrogens with one attached hydrogen (secondary N) is 3. The van der Waals surface area contributed by atoms with E-state index in [1.165, 1.54) is 6.08 Å². The number of hydrogen-bond acceptors (Lipinski definition) is 8. The van der Waals surface area contributed by atoms with Gasteiger partial charge in [0.2, 0.25) is 11.9 Å². The molecule has 4 rings (SSSR count). The molecule has 0 aliphatic rings. The molecule has 0 unspecified atom stereocenters. The van der Waals surface area contributed by atoms with Gasteiger partial charge in [-0.3, -0.25) is 9.78 Å². The summed E-state index contributed by atoms with van der Waals surface area (Å²) in [4.78, 5) is 27.4. The summed E-state index contributed by atoms with van der Waals surface area (Å²) in [5.41, 5.74) is 2.83. The van der Waals surface area contributed by atoms with Crippen LogP contribution in [0, 0.1) is 0 Å². The SMILES string of the molecule is COc1ccc(NC(=O)/C=C/CN(C)C)cc1Nc1nccc(Nc2ccc3nccc(Cl)c3c2)n1. The number of fused-ring (bicyclic) bond motifs is 1. The topological polar surface area (TPSA) is 104 Å². The maximum absolute atomic E-state index is 12.2. The van der Waals surface area contributed by atoms with Crippen molar-refractivity contribution in [1.82, 2.24) is 19.9 Å². The highest BCUT2D eigenvalue weighted by molar-refractivity contribution is 6.35. The predicted molar refractivity (Wildman–Crippen MR) is 145 cm³/mol. The summed E-state index contributed by atoms with van der Waals surface area (Å²) in [5.74, 6) is 1.30. The van der Waals surface area contributed by atoms with Crippen molar-refractivity contribution in [3.63, 3.8) is 0 Å². The number of pyridine rings is 1. The van der Waals surface area contributed by atoms with Crippen LogP contribution in [0.5, 0.6) is 5.75 Å². The van der Waals surface area contributed by atoms with E-state index in [-0.39, 0.29) is 5.91 Å². The normalized spacial score (nSPS) is 11.1. The number of nitrogens with zero attached hydrogens (tertiary/aromatic N) is 4. The van der Waals surface area contributed by atoms with Crippen LogP contribution in [0.2, 0.25) is 5.02 Å². The van der Waals surface area contributed by atoms with Crippen LogP contribution < -0.4 is 20.7 Å². The number of hydrogen-bond donors (Lipinski definition) is 3. The molecule has 3 N–H and O–H groups in total. The lowest BCUT2D eigenvalue weighted by Crippen LogP contribution is -2.13. The zero-order valence-electron chi connectivity index (χ0n) is 20.1. The van der Waals surface area contributed by atoms with E-state index in [0.29, 0.717) is 40.5 Å². The second-order valence-electron chi connectivity index (χ2n) is 8.11. The Kier molecular flexibility index (Phi) is 7.94. The number of amides is 1. The molecule has 0 aliphatic carbocycles. The van der Waals surface area contributed by atoms with Gasteiger partial charge in [0.25, 0.3) is 0 Å². The molecule has 0 bridgehead atoms. The molecular formula is C26H26ClN7O2. The summed E-state index contributed by atoms with van der Waals surface area (Å²) in [6.07, 6.45) is 6.62. The van der Waals surface area contributed by atoms with Gasteiger partial charge in [-0.1, -0.05) is 17.7 Å². The van der Waals surface area contributed by atoms with Gasteiger partial charge < -0.3 is 25.6 Å². The summed E-state index contributed by atoms with van der Waals surface area (Å²) in [5, 5.41) is 10.7. The maximum Gasteiger partial charge on any atom is 0.248 e. The Labute approximate surface area is 214 Å². The first-order valence-electron chi connectivity index (χ1n) is 11.1. The Hall–Kier alpha value is -4.21. The smallest absolute Gasteiger partial charge is 0.248 e. The Balaban J connectivity index is 1.50. The Morgan fingerprint density at radius 3 is 2.64 bits per heavy atom. The number of ether oxygens (including phenoxy) is 1. The number of benzene rings is 2. The summed E-state index contributed by atoms with van der Waals surface area (Å²) < 4.78 is 5.46. The highest BCUT2D eigenvalue weighted by Gasteiger charge is 2.09. The van der Waals surface area contributed by atoms with Gasteiger partial charge in [0.05, 0.1) is 23.3 Å². The monoisotopic (exact) mass is 503 g/mol. The summed E-state index contributed by atoms with van der Waals surface area (Å²) in [6.45, 7) is 0.674. The van der Waals surface area contributed by atoms with Crippen molar-refractivity contribution in [1.29, 1.82) is 0 Å². The van der Waals surface area contributed by atoms with Crippen LogP contribution in [-0.2, 0) is 4.79 Å². The van der Waals surface area contributed by atoms with Crippen LogP contribution in [0.4, 0.5) is 28.8 Å². The van der Waals surface area contributed by atoms with Crippen molar-refractivity contribution in [2.75, 3.05) is 43.7 Å². The number of carbonyl (C=O) groups excluding carboxylic acids is 1. The zero-order valence-corrected chi connectivity index (χ0v) is 20.9. The van der Waals surface area contributed by atoms with E-state index in [1.807, 2.05) is 37.2 Å². The minimum absolute atomic E-state index is 0.221. The predicted octanol–water partition coefficient (Wildman–Crippen LogP) is 5.23. The van der Waals surface area contributed by atoms with Crippen molar-refractivity contribution in [2.45, 2.75) is 0 Å².